The molecule has 0 aliphatic heterocycles. The Morgan fingerprint density at radius 2 is 2.14 bits per heavy atom. The molecule has 1 rings (SSSR count). The Hall–Kier alpha value is 0.375. The SMILES string of the molecule is [B]C1(C)CCC(N(C)C(C)S)C(C)C1. The topological polar surface area (TPSA) is 3.24 Å². The van der Waals surface area contributed by atoms with E-state index in [4.69, 9.17) is 7.85 Å². The van der Waals surface area contributed by atoms with E-state index in [2.05, 4.69) is 45.3 Å². The third-order valence-electron chi connectivity index (χ3n) is 3.57. The maximum Gasteiger partial charge on any atom is 0.0742 e. The number of hydrogen-bond donors (Lipinski definition) is 1. The summed E-state index contributed by atoms with van der Waals surface area (Å²) in [5, 5.41) is 0.390. The minimum atomic E-state index is 0.0522. The normalized spacial score (nSPS) is 41.3. The van der Waals surface area contributed by atoms with Gasteiger partial charge in [-0.25, -0.2) is 0 Å². The molecular formula is C11H22BNS. The molecule has 0 amide bonds. The summed E-state index contributed by atoms with van der Waals surface area (Å²) in [6.45, 7) is 6.61. The van der Waals surface area contributed by atoms with Gasteiger partial charge in [-0.1, -0.05) is 32.0 Å². The van der Waals surface area contributed by atoms with Gasteiger partial charge in [-0.05, 0) is 26.3 Å². The summed E-state index contributed by atoms with van der Waals surface area (Å²) in [5.74, 6) is 0.679. The van der Waals surface area contributed by atoms with Crippen molar-refractivity contribution in [3.05, 3.63) is 0 Å². The van der Waals surface area contributed by atoms with E-state index >= 15 is 0 Å². The van der Waals surface area contributed by atoms with Crippen LogP contribution in [0.1, 0.15) is 40.0 Å². The minimum absolute atomic E-state index is 0.0522. The first-order chi connectivity index (χ1) is 6.33. The third-order valence-corrected chi connectivity index (χ3v) is 3.93. The highest BCUT2D eigenvalue weighted by Gasteiger charge is 2.34. The largest absolute Gasteiger partial charge is 0.292 e. The molecule has 1 saturated carbocycles. The number of nitrogens with zero attached hydrogens (tertiary/aromatic N) is 1. The van der Waals surface area contributed by atoms with Gasteiger partial charge in [0.25, 0.3) is 0 Å². The predicted octanol–water partition coefficient (Wildman–Crippen LogP) is 2.73. The molecule has 0 aromatic rings. The van der Waals surface area contributed by atoms with Crippen LogP contribution >= 0.6 is 12.6 Å². The van der Waals surface area contributed by atoms with Gasteiger partial charge >= 0.3 is 0 Å². The Labute approximate surface area is 95.4 Å². The first-order valence-electron chi connectivity index (χ1n) is 5.52. The summed E-state index contributed by atoms with van der Waals surface area (Å²) < 4.78 is 0. The van der Waals surface area contributed by atoms with Crippen LogP contribution in [-0.2, 0) is 0 Å². The highest BCUT2D eigenvalue weighted by atomic mass is 32.1. The summed E-state index contributed by atoms with van der Waals surface area (Å²) in [6.07, 6.45) is 3.46. The van der Waals surface area contributed by atoms with Crippen molar-refractivity contribution in [1.82, 2.24) is 4.90 Å². The average molecular weight is 211 g/mol. The standard InChI is InChI=1S/C11H22BNS/c1-8-7-11(3,12)6-5-10(8)13(4)9(2)14/h8-10,14H,5-7H2,1-4H3. The van der Waals surface area contributed by atoms with Crippen LogP contribution in [0.4, 0.5) is 0 Å². The first-order valence-corrected chi connectivity index (χ1v) is 6.04. The molecule has 1 fully saturated rings. The van der Waals surface area contributed by atoms with Gasteiger partial charge < -0.3 is 0 Å². The van der Waals surface area contributed by atoms with Gasteiger partial charge in [0.15, 0.2) is 0 Å². The molecule has 1 aliphatic carbocycles. The van der Waals surface area contributed by atoms with Crippen LogP contribution < -0.4 is 0 Å². The highest BCUT2D eigenvalue weighted by Crippen LogP contribution is 2.43. The van der Waals surface area contributed by atoms with Crippen molar-refractivity contribution in [3.63, 3.8) is 0 Å². The predicted molar refractivity (Wildman–Crippen MR) is 67.1 cm³/mol. The lowest BCUT2D eigenvalue weighted by molar-refractivity contribution is 0.118. The first kappa shape index (κ1) is 12.4. The monoisotopic (exact) mass is 211 g/mol. The van der Waals surface area contributed by atoms with Gasteiger partial charge in [0.05, 0.1) is 7.85 Å². The highest BCUT2D eigenvalue weighted by molar-refractivity contribution is 7.80. The second-order valence-corrected chi connectivity index (χ2v) is 5.99. The fraction of sp³-hybridized carbons (Fsp3) is 1.00. The second kappa shape index (κ2) is 4.48. The minimum Gasteiger partial charge on any atom is -0.292 e. The van der Waals surface area contributed by atoms with Gasteiger partial charge in [0, 0.05) is 11.4 Å². The molecule has 0 aromatic heterocycles. The van der Waals surface area contributed by atoms with Gasteiger partial charge in [0.1, 0.15) is 0 Å². The summed E-state index contributed by atoms with van der Waals surface area (Å²) in [4.78, 5) is 2.36. The van der Waals surface area contributed by atoms with E-state index in [-0.39, 0.29) is 5.31 Å². The second-order valence-electron chi connectivity index (χ2n) is 5.24. The van der Waals surface area contributed by atoms with E-state index in [1.165, 1.54) is 6.42 Å². The zero-order chi connectivity index (χ0) is 10.9. The summed E-state index contributed by atoms with van der Waals surface area (Å²) in [6, 6.07) is 0.652. The summed E-state index contributed by atoms with van der Waals surface area (Å²) >= 11 is 4.48. The molecule has 0 saturated heterocycles. The fourth-order valence-electron chi connectivity index (χ4n) is 2.62. The van der Waals surface area contributed by atoms with Crippen molar-refractivity contribution in [2.24, 2.45) is 5.92 Å². The Morgan fingerprint density at radius 3 is 2.57 bits per heavy atom. The van der Waals surface area contributed by atoms with Crippen molar-refractivity contribution in [3.8, 4) is 0 Å². The van der Waals surface area contributed by atoms with Crippen LogP contribution in [0, 0.1) is 5.92 Å². The van der Waals surface area contributed by atoms with Crippen LogP contribution in [0.15, 0.2) is 0 Å². The molecule has 1 nitrogen and oxygen atoms in total. The summed E-state index contributed by atoms with van der Waals surface area (Å²) in [5.41, 5.74) is 0. The van der Waals surface area contributed by atoms with Crippen LogP contribution in [0.25, 0.3) is 0 Å². The fourth-order valence-corrected chi connectivity index (χ4v) is 2.79. The van der Waals surface area contributed by atoms with Crippen LogP contribution in [0.2, 0.25) is 5.31 Å². The molecule has 3 heteroatoms. The molecule has 0 spiro atoms. The lowest BCUT2D eigenvalue weighted by Gasteiger charge is -2.44. The van der Waals surface area contributed by atoms with E-state index in [9.17, 15) is 0 Å². The summed E-state index contributed by atoms with van der Waals surface area (Å²) in [7, 11) is 8.33. The van der Waals surface area contributed by atoms with E-state index in [0.717, 1.165) is 12.8 Å². The van der Waals surface area contributed by atoms with E-state index in [0.29, 0.717) is 17.3 Å². The van der Waals surface area contributed by atoms with Gasteiger partial charge in [-0.15, -0.1) is 0 Å². The zero-order valence-electron chi connectivity index (χ0n) is 9.83. The van der Waals surface area contributed by atoms with Gasteiger partial charge in [-0.3, -0.25) is 4.90 Å². The average Bonchev–Trinajstić information content (AvgIpc) is 2.01. The van der Waals surface area contributed by atoms with E-state index < -0.39 is 0 Å². The van der Waals surface area contributed by atoms with Gasteiger partial charge in [0.2, 0.25) is 0 Å². The molecule has 4 unspecified atom stereocenters. The van der Waals surface area contributed by atoms with Crippen molar-refractivity contribution in [2.75, 3.05) is 7.05 Å². The molecule has 0 aromatic carbocycles. The third kappa shape index (κ3) is 2.93. The lowest BCUT2D eigenvalue weighted by Crippen LogP contribution is -2.44. The van der Waals surface area contributed by atoms with Crippen LogP contribution in [0.5, 0.6) is 0 Å². The molecule has 2 radical (unpaired) electrons. The van der Waals surface area contributed by atoms with E-state index in [1.54, 1.807) is 0 Å². The number of rotatable bonds is 2. The molecule has 4 atom stereocenters. The maximum absolute atomic E-state index is 6.17. The van der Waals surface area contributed by atoms with Crippen molar-refractivity contribution in [1.29, 1.82) is 0 Å². The Morgan fingerprint density at radius 1 is 1.57 bits per heavy atom. The maximum atomic E-state index is 6.17. The van der Waals surface area contributed by atoms with Gasteiger partial charge in [-0.2, -0.15) is 12.6 Å². The smallest absolute Gasteiger partial charge is 0.0742 e. The quantitative estimate of drug-likeness (QED) is 0.417. The number of hydrogen-bond acceptors (Lipinski definition) is 2. The number of thiol groups is 1. The van der Waals surface area contributed by atoms with E-state index in [1.807, 2.05) is 0 Å². The molecule has 0 N–H and O–H groups in total. The van der Waals surface area contributed by atoms with Crippen LogP contribution in [0.3, 0.4) is 0 Å². The van der Waals surface area contributed by atoms with Crippen molar-refractivity contribution in [2.45, 2.75) is 56.8 Å². The molecule has 1 aliphatic rings. The lowest BCUT2D eigenvalue weighted by atomic mass is 9.58. The Balaban J connectivity index is 2.58. The molecule has 80 valence electrons. The van der Waals surface area contributed by atoms with Crippen molar-refractivity contribution < 1.29 is 0 Å². The molecule has 0 heterocycles. The van der Waals surface area contributed by atoms with Crippen LogP contribution in [-0.4, -0.2) is 31.2 Å². The Bertz CT molecular complexity index is 194. The zero-order valence-corrected chi connectivity index (χ0v) is 10.7. The molecule has 14 heavy (non-hydrogen) atoms. The molecular weight excluding hydrogens is 189 g/mol. The van der Waals surface area contributed by atoms with Crippen molar-refractivity contribution >= 4 is 20.5 Å². The molecule has 0 bridgehead atoms. The Kier molecular flexibility index (Phi) is 3.98.